The zero-order chi connectivity index (χ0) is 17.1. The summed E-state index contributed by atoms with van der Waals surface area (Å²) in [5.41, 5.74) is 0.587. The lowest BCUT2D eigenvalue weighted by atomic mass is 10.3. The minimum Gasteiger partial charge on any atom is -0.378 e. The van der Waals surface area contributed by atoms with Crippen molar-refractivity contribution in [2.75, 3.05) is 42.0 Å². The van der Waals surface area contributed by atoms with Crippen LogP contribution in [-0.2, 0) is 0 Å². The summed E-state index contributed by atoms with van der Waals surface area (Å²) < 4.78 is 6.23. The van der Waals surface area contributed by atoms with Crippen molar-refractivity contribution in [2.24, 2.45) is 0 Å². The van der Waals surface area contributed by atoms with Crippen molar-refractivity contribution in [1.82, 2.24) is 29.2 Å². The van der Waals surface area contributed by atoms with Crippen molar-refractivity contribution in [2.45, 2.75) is 0 Å². The molecule has 0 atom stereocenters. The van der Waals surface area contributed by atoms with Crippen molar-refractivity contribution in [3.63, 3.8) is 0 Å². The number of aromatic nitrogens is 3. The van der Waals surface area contributed by atoms with E-state index in [1.165, 1.54) is 10.9 Å². The van der Waals surface area contributed by atoms with Crippen LogP contribution in [0.15, 0.2) is 18.2 Å². The number of hydrogen-bond donors (Lipinski definition) is 0. The summed E-state index contributed by atoms with van der Waals surface area (Å²) >= 11 is 0. The number of rotatable bonds is 7. The molecule has 1 aromatic carbocycles. The number of nitro benzene ring substituents is 1. The molecule has 0 fully saturated rings. The molecule has 10 nitrogen and oxygen atoms in total. The summed E-state index contributed by atoms with van der Waals surface area (Å²) in [6, 6.07) is 4.66. The standard InChI is InChI=1S/C12H20N7O3P/c1-15(2)23(16(3)4)17(5)9-22-18-10-7-6-8-11(19(20)21)12(10)13-14-18/h6-8H,9H2,1-5H3. The van der Waals surface area contributed by atoms with E-state index >= 15 is 0 Å². The average Bonchev–Trinajstić information content (AvgIpc) is 2.87. The van der Waals surface area contributed by atoms with Crippen LogP contribution in [0.2, 0.25) is 0 Å². The van der Waals surface area contributed by atoms with Crippen LogP contribution in [-0.4, -0.2) is 76.1 Å². The monoisotopic (exact) mass is 341 g/mol. The van der Waals surface area contributed by atoms with E-state index in [0.717, 1.165) is 0 Å². The Morgan fingerprint density at radius 2 is 1.91 bits per heavy atom. The Hall–Kier alpha value is -1.87. The first kappa shape index (κ1) is 17.5. The molecular formula is C12H20N7O3P. The molecule has 0 saturated heterocycles. The second-order valence-electron chi connectivity index (χ2n) is 5.24. The third-order valence-electron chi connectivity index (χ3n) is 3.01. The Kier molecular flexibility index (Phi) is 5.42. The Balaban J connectivity index is 2.17. The average molecular weight is 341 g/mol. The lowest BCUT2D eigenvalue weighted by Crippen LogP contribution is -2.33. The van der Waals surface area contributed by atoms with Gasteiger partial charge in [0.15, 0.2) is 12.2 Å². The van der Waals surface area contributed by atoms with Gasteiger partial charge >= 0.3 is 0 Å². The van der Waals surface area contributed by atoms with Gasteiger partial charge in [-0.1, -0.05) is 10.9 Å². The molecule has 23 heavy (non-hydrogen) atoms. The Morgan fingerprint density at radius 1 is 1.26 bits per heavy atom. The topological polar surface area (TPSA) is 92.8 Å². The van der Waals surface area contributed by atoms with E-state index in [4.69, 9.17) is 4.84 Å². The predicted octanol–water partition coefficient (Wildman–Crippen LogP) is 1.01. The van der Waals surface area contributed by atoms with E-state index in [1.807, 2.05) is 39.9 Å². The summed E-state index contributed by atoms with van der Waals surface area (Å²) in [7, 11) is 9.25. The van der Waals surface area contributed by atoms with Crippen molar-refractivity contribution < 1.29 is 9.76 Å². The molecule has 1 heterocycles. The number of nitro groups is 1. The lowest BCUT2D eigenvalue weighted by Gasteiger charge is -2.36. The largest absolute Gasteiger partial charge is 0.378 e. The van der Waals surface area contributed by atoms with Gasteiger partial charge in [-0.3, -0.25) is 19.5 Å². The maximum atomic E-state index is 11.0. The molecule has 0 N–H and O–H groups in total. The van der Waals surface area contributed by atoms with Gasteiger partial charge in [0.25, 0.3) is 5.69 Å². The number of nitrogens with zero attached hydrogens (tertiary/aromatic N) is 7. The molecule has 2 aromatic rings. The number of hydrogen-bond acceptors (Lipinski definition) is 8. The first-order valence-corrected chi connectivity index (χ1v) is 8.00. The summed E-state index contributed by atoms with van der Waals surface area (Å²) in [6.07, 6.45) is 0. The van der Waals surface area contributed by atoms with Crippen molar-refractivity contribution in [3.8, 4) is 0 Å². The molecule has 0 radical (unpaired) electrons. The highest BCUT2D eigenvalue weighted by Gasteiger charge is 2.22. The number of benzene rings is 1. The lowest BCUT2D eigenvalue weighted by molar-refractivity contribution is -0.383. The van der Waals surface area contributed by atoms with Crippen LogP contribution in [0.25, 0.3) is 11.0 Å². The van der Waals surface area contributed by atoms with Gasteiger partial charge in [0.2, 0.25) is 0 Å². The van der Waals surface area contributed by atoms with Crippen LogP contribution in [0.5, 0.6) is 0 Å². The van der Waals surface area contributed by atoms with Crippen LogP contribution < -0.4 is 4.84 Å². The first-order chi connectivity index (χ1) is 10.8. The minimum absolute atomic E-state index is 0.0884. The van der Waals surface area contributed by atoms with Crippen LogP contribution >= 0.6 is 8.37 Å². The first-order valence-electron chi connectivity index (χ1n) is 6.80. The van der Waals surface area contributed by atoms with Gasteiger partial charge in [-0.15, -0.1) is 5.10 Å². The second-order valence-corrected chi connectivity index (χ2v) is 8.06. The van der Waals surface area contributed by atoms with Crippen molar-refractivity contribution in [3.05, 3.63) is 28.3 Å². The molecule has 11 heteroatoms. The molecule has 1 aromatic heterocycles. The Morgan fingerprint density at radius 3 is 2.48 bits per heavy atom. The third-order valence-corrected chi connectivity index (χ3v) is 5.17. The number of non-ortho nitro benzene ring substituents is 1. The van der Waals surface area contributed by atoms with Gasteiger partial charge in [-0.25, -0.2) is 4.67 Å². The second kappa shape index (κ2) is 7.14. The highest BCUT2D eigenvalue weighted by molar-refractivity contribution is 7.49. The van der Waals surface area contributed by atoms with Crippen LogP contribution in [0.4, 0.5) is 5.69 Å². The van der Waals surface area contributed by atoms with E-state index in [1.54, 1.807) is 12.1 Å². The highest BCUT2D eigenvalue weighted by Crippen LogP contribution is 2.42. The Labute approximate surface area is 135 Å². The minimum atomic E-state index is -0.676. The van der Waals surface area contributed by atoms with Gasteiger partial charge in [-0.2, -0.15) is 0 Å². The molecule has 0 aliphatic rings. The molecule has 2 rings (SSSR count). The molecule has 0 amide bonds. The Bertz CT molecular complexity index is 682. The molecule has 0 saturated carbocycles. The SMILES string of the molecule is CN(C)P(N(C)C)N(C)COn1nnc2c([N+](=O)[O-])cccc21. The normalized spacial score (nSPS) is 12.0. The molecule has 0 aliphatic heterocycles. The van der Waals surface area contributed by atoms with E-state index in [2.05, 4.69) is 19.7 Å². The molecular weight excluding hydrogens is 321 g/mol. The van der Waals surface area contributed by atoms with Crippen LogP contribution in [0.3, 0.4) is 0 Å². The summed E-state index contributed by atoms with van der Waals surface area (Å²) in [4.78, 5) is 17.4. The smallest absolute Gasteiger partial charge is 0.299 e. The van der Waals surface area contributed by atoms with Crippen molar-refractivity contribution in [1.29, 1.82) is 0 Å². The fourth-order valence-corrected chi connectivity index (χ4v) is 4.40. The van der Waals surface area contributed by atoms with Crippen molar-refractivity contribution >= 4 is 25.1 Å². The summed E-state index contributed by atoms with van der Waals surface area (Å²) in [6.45, 7) is 0.267. The van der Waals surface area contributed by atoms with E-state index in [-0.39, 0.29) is 17.9 Å². The van der Waals surface area contributed by atoms with Gasteiger partial charge < -0.3 is 4.84 Å². The summed E-state index contributed by atoms with van der Waals surface area (Å²) in [5, 5.41) is 18.7. The maximum Gasteiger partial charge on any atom is 0.299 e. The van der Waals surface area contributed by atoms with Gasteiger partial charge in [0.1, 0.15) is 13.9 Å². The van der Waals surface area contributed by atoms with Gasteiger partial charge in [0.05, 0.1) is 4.92 Å². The molecule has 0 aliphatic carbocycles. The molecule has 126 valence electrons. The fraction of sp³-hybridized carbons (Fsp3) is 0.500. The zero-order valence-corrected chi connectivity index (χ0v) is 14.6. The number of fused-ring (bicyclic) bond motifs is 1. The third kappa shape index (κ3) is 3.73. The van der Waals surface area contributed by atoms with E-state index < -0.39 is 13.3 Å². The quantitative estimate of drug-likeness (QED) is 0.319. The van der Waals surface area contributed by atoms with Crippen LogP contribution in [0.1, 0.15) is 0 Å². The highest BCUT2D eigenvalue weighted by atomic mass is 31.2. The maximum absolute atomic E-state index is 11.0. The van der Waals surface area contributed by atoms with E-state index in [9.17, 15) is 10.1 Å². The van der Waals surface area contributed by atoms with Crippen LogP contribution in [0, 0.1) is 10.1 Å². The summed E-state index contributed by atoms with van der Waals surface area (Å²) in [5.74, 6) is 0. The van der Waals surface area contributed by atoms with E-state index in [0.29, 0.717) is 5.52 Å². The molecule has 0 unspecified atom stereocenters. The zero-order valence-electron chi connectivity index (χ0n) is 13.7. The molecule has 0 spiro atoms. The molecule has 0 bridgehead atoms. The fourth-order valence-electron chi connectivity index (χ4n) is 2.31. The van der Waals surface area contributed by atoms with Gasteiger partial charge in [0, 0.05) is 6.07 Å². The van der Waals surface area contributed by atoms with Gasteiger partial charge in [-0.05, 0) is 46.5 Å². The predicted molar refractivity (Wildman–Crippen MR) is 87.7 cm³/mol.